The van der Waals surface area contributed by atoms with Gasteiger partial charge in [-0.1, -0.05) is 11.1 Å². The van der Waals surface area contributed by atoms with E-state index in [-0.39, 0.29) is 0 Å². The average molecular weight is 326 g/mol. The summed E-state index contributed by atoms with van der Waals surface area (Å²) in [6.45, 7) is 0. The second kappa shape index (κ2) is 2.89. The number of allylic oxidation sites excluding steroid dienone is 2. The molecule has 2 saturated heterocycles. The molecule has 0 amide bonds. The van der Waals surface area contributed by atoms with Gasteiger partial charge in [0.1, 0.15) is 0 Å². The van der Waals surface area contributed by atoms with Crippen molar-refractivity contribution in [3.05, 3.63) is 11.1 Å². The van der Waals surface area contributed by atoms with E-state index >= 15 is 0 Å². The highest BCUT2D eigenvalue weighted by Gasteiger charge is 3.02. The maximum Gasteiger partial charge on any atom is 0.321 e. The summed E-state index contributed by atoms with van der Waals surface area (Å²) in [4.78, 5) is 51.1. The van der Waals surface area contributed by atoms with Crippen molar-refractivity contribution in [1.29, 1.82) is 0 Å². The van der Waals surface area contributed by atoms with Gasteiger partial charge in [-0.15, -0.1) is 0 Å². The van der Waals surface area contributed by atoms with Crippen molar-refractivity contribution in [3.8, 4) is 0 Å². The lowest BCUT2D eigenvalue weighted by Gasteiger charge is -2.64. The van der Waals surface area contributed by atoms with E-state index in [1.165, 1.54) is 11.1 Å². The third kappa shape index (κ3) is 0.696. The molecule has 122 valence electrons. The lowest BCUT2D eigenvalue weighted by atomic mass is 9.33. The van der Waals surface area contributed by atoms with Gasteiger partial charge in [0.05, 0.1) is 22.7 Å². The quantitative estimate of drug-likeness (QED) is 0.375. The van der Waals surface area contributed by atoms with Gasteiger partial charge in [-0.3, -0.25) is 19.2 Å². The lowest BCUT2D eigenvalue weighted by Crippen LogP contribution is -2.68. The molecule has 6 heteroatoms. The Labute approximate surface area is 136 Å². The van der Waals surface area contributed by atoms with Crippen LogP contribution in [0.2, 0.25) is 0 Å². The van der Waals surface area contributed by atoms with Gasteiger partial charge in [-0.05, 0) is 38.5 Å². The fourth-order valence-electron chi connectivity index (χ4n) is 8.64. The van der Waals surface area contributed by atoms with Crippen LogP contribution in [0.15, 0.2) is 11.1 Å². The molecule has 6 unspecified atom stereocenters. The summed E-state index contributed by atoms with van der Waals surface area (Å²) in [6.07, 6.45) is 4.22. The van der Waals surface area contributed by atoms with E-state index in [2.05, 4.69) is 0 Å². The van der Waals surface area contributed by atoms with Crippen LogP contribution in [0.4, 0.5) is 0 Å². The molecule has 9 rings (SSSR count). The van der Waals surface area contributed by atoms with E-state index in [1.807, 2.05) is 0 Å². The zero-order valence-corrected chi connectivity index (χ0v) is 12.8. The Morgan fingerprint density at radius 3 is 2.21 bits per heavy atom. The Morgan fingerprint density at radius 2 is 1.42 bits per heavy atom. The normalized spacial score (nSPS) is 57.7. The topological polar surface area (TPSA) is 86.7 Å². The molecule has 2 heterocycles. The van der Waals surface area contributed by atoms with Crippen molar-refractivity contribution in [2.75, 3.05) is 0 Å². The van der Waals surface area contributed by atoms with Crippen LogP contribution in [-0.2, 0) is 28.7 Å². The Kier molecular flexibility index (Phi) is 1.49. The van der Waals surface area contributed by atoms with Gasteiger partial charge in [-0.2, -0.15) is 0 Å². The molecular weight excluding hydrogens is 312 g/mol. The highest BCUT2D eigenvalue weighted by atomic mass is 16.6. The van der Waals surface area contributed by atoms with Gasteiger partial charge in [0.25, 0.3) is 0 Å². The maximum absolute atomic E-state index is 13.0. The summed E-state index contributed by atoms with van der Waals surface area (Å²) in [5, 5.41) is 0. The van der Waals surface area contributed by atoms with E-state index in [0.29, 0.717) is 19.3 Å². The van der Waals surface area contributed by atoms with Gasteiger partial charge in [-0.25, -0.2) is 0 Å². The van der Waals surface area contributed by atoms with Gasteiger partial charge in [0.2, 0.25) is 0 Å². The smallest absolute Gasteiger partial charge is 0.321 e. The monoisotopic (exact) mass is 326 g/mol. The van der Waals surface area contributed by atoms with Gasteiger partial charge < -0.3 is 9.47 Å². The summed E-state index contributed by atoms with van der Waals surface area (Å²) in [6, 6.07) is 0. The number of cyclic esters (lactones) is 4. The van der Waals surface area contributed by atoms with E-state index in [1.54, 1.807) is 0 Å². The van der Waals surface area contributed by atoms with Crippen LogP contribution in [0.5, 0.6) is 0 Å². The zero-order valence-electron chi connectivity index (χ0n) is 12.8. The highest BCUT2D eigenvalue weighted by molar-refractivity contribution is 6.12. The Morgan fingerprint density at radius 1 is 0.750 bits per heavy atom. The Balaban J connectivity index is 1.70. The van der Waals surface area contributed by atoms with Crippen LogP contribution in [0.25, 0.3) is 0 Å². The standard InChI is InChI=1S/C18H14O6/c19-11-9-10(12(20)23-11)16-6-18(16)14(22)24-13(21)17(18)5-3-8(16)7-2-1-4-15(7,9)17/h9-10H,1-6H2. The Bertz CT molecular complexity index is 899. The third-order valence-corrected chi connectivity index (χ3v) is 8.85. The van der Waals surface area contributed by atoms with Crippen molar-refractivity contribution >= 4 is 23.9 Å². The van der Waals surface area contributed by atoms with Crippen LogP contribution >= 0.6 is 0 Å². The fraction of sp³-hybridized carbons (Fsp3) is 0.667. The largest absolute Gasteiger partial charge is 0.393 e. The number of esters is 4. The highest BCUT2D eigenvalue weighted by Crippen LogP contribution is 2.98. The van der Waals surface area contributed by atoms with Crippen molar-refractivity contribution < 1.29 is 28.7 Å². The van der Waals surface area contributed by atoms with Crippen LogP contribution in [0.1, 0.15) is 38.5 Å². The third-order valence-electron chi connectivity index (χ3n) is 8.85. The first-order valence-electron chi connectivity index (χ1n) is 8.74. The second-order valence-electron chi connectivity index (χ2n) is 8.61. The molecule has 4 bridgehead atoms. The molecule has 6 nitrogen and oxygen atoms in total. The van der Waals surface area contributed by atoms with Crippen molar-refractivity contribution in [1.82, 2.24) is 0 Å². The molecule has 9 aliphatic rings. The fourth-order valence-corrected chi connectivity index (χ4v) is 8.64. The molecule has 6 atom stereocenters. The van der Waals surface area contributed by atoms with Crippen LogP contribution in [0, 0.1) is 33.5 Å². The maximum atomic E-state index is 13.0. The molecule has 7 aliphatic carbocycles. The van der Waals surface area contributed by atoms with Crippen LogP contribution < -0.4 is 0 Å². The Hall–Kier alpha value is -1.98. The minimum atomic E-state index is -0.935. The van der Waals surface area contributed by atoms with E-state index in [9.17, 15) is 19.2 Å². The van der Waals surface area contributed by atoms with E-state index in [0.717, 1.165) is 19.3 Å². The average Bonchev–Trinajstić information content (AvgIpc) is 2.79. The van der Waals surface area contributed by atoms with Crippen molar-refractivity contribution in [2.24, 2.45) is 33.5 Å². The molecule has 6 fully saturated rings. The minimum absolute atomic E-state index is 0.446. The summed E-state index contributed by atoms with van der Waals surface area (Å²) in [7, 11) is 0. The summed E-state index contributed by atoms with van der Waals surface area (Å²) >= 11 is 0. The number of rotatable bonds is 0. The second-order valence-corrected chi connectivity index (χ2v) is 8.61. The first kappa shape index (κ1) is 12.4. The number of fused-ring (bicyclic) bond motifs is 1. The van der Waals surface area contributed by atoms with Gasteiger partial charge in [0.15, 0.2) is 0 Å². The van der Waals surface area contributed by atoms with Crippen molar-refractivity contribution in [2.45, 2.75) is 38.5 Å². The van der Waals surface area contributed by atoms with Gasteiger partial charge in [0, 0.05) is 10.8 Å². The van der Waals surface area contributed by atoms with Crippen molar-refractivity contribution in [3.63, 3.8) is 0 Å². The predicted molar refractivity (Wildman–Crippen MR) is 73.6 cm³/mol. The molecule has 24 heavy (non-hydrogen) atoms. The molecule has 4 saturated carbocycles. The zero-order chi connectivity index (χ0) is 16.3. The molecular formula is C18H14O6. The minimum Gasteiger partial charge on any atom is -0.393 e. The molecule has 2 aliphatic heterocycles. The first-order valence-corrected chi connectivity index (χ1v) is 8.74. The number of carbonyl (C=O) groups excluding carboxylic acids is 4. The SMILES string of the molecule is O=C1OC(=O)C2C1C13CCCC1=C1CCC34C(=O)OC(=O)C43CC123. The first-order chi connectivity index (χ1) is 11.5. The predicted octanol–water partition coefficient (Wildman–Crippen LogP) is 1.04. The molecule has 4 spiro atoms. The number of ether oxygens (including phenoxy) is 2. The molecule has 0 aromatic carbocycles. The van der Waals surface area contributed by atoms with Crippen LogP contribution in [-0.4, -0.2) is 23.9 Å². The molecule has 0 aromatic heterocycles. The summed E-state index contributed by atoms with van der Waals surface area (Å²) < 4.78 is 10.3. The lowest BCUT2D eigenvalue weighted by molar-refractivity contribution is -0.179. The summed E-state index contributed by atoms with van der Waals surface area (Å²) in [5.41, 5.74) is -0.832. The number of hydrogen-bond donors (Lipinski definition) is 0. The van der Waals surface area contributed by atoms with Gasteiger partial charge >= 0.3 is 23.9 Å². The molecule has 0 aromatic rings. The number of hydrogen-bond acceptors (Lipinski definition) is 6. The summed E-state index contributed by atoms with van der Waals surface area (Å²) in [5.74, 6) is -3.07. The van der Waals surface area contributed by atoms with Crippen LogP contribution in [0.3, 0.4) is 0 Å². The van der Waals surface area contributed by atoms with E-state index < -0.39 is 57.4 Å². The number of carbonyl (C=O) groups is 4. The van der Waals surface area contributed by atoms with E-state index in [4.69, 9.17) is 9.47 Å². The molecule has 0 N–H and O–H groups in total. The molecule has 0 radical (unpaired) electrons.